The maximum atomic E-state index is 12.1. The lowest BCUT2D eigenvalue weighted by molar-refractivity contribution is -0.147. The number of nitrogens with zero attached hydrogens (tertiary/aromatic N) is 3. The van der Waals surface area contributed by atoms with Crippen LogP contribution in [0, 0.1) is 5.41 Å². The van der Waals surface area contributed by atoms with Crippen molar-refractivity contribution in [3.05, 3.63) is 5.89 Å². The largest absolute Gasteiger partial charge is 0.469 e. The van der Waals surface area contributed by atoms with Crippen molar-refractivity contribution in [1.82, 2.24) is 15.5 Å². The third-order valence-corrected chi connectivity index (χ3v) is 5.40. The van der Waals surface area contributed by atoms with Crippen molar-refractivity contribution in [1.29, 1.82) is 0 Å². The lowest BCUT2D eigenvalue weighted by Gasteiger charge is -2.25. The number of anilines is 1. The molecule has 2 atom stereocenters. The monoisotopic (exact) mass is 364 g/mol. The standard InChI is InChI=1S/C14H20N4O3.2ClH/c1-20-11(19)14-4-2-3-13(14,9-14)10-16-12(17-21-10)18-7-5-15-6-8-18;;/h15H,2-9H2,1H3;2*1H. The summed E-state index contributed by atoms with van der Waals surface area (Å²) in [7, 11) is 1.46. The summed E-state index contributed by atoms with van der Waals surface area (Å²) in [6.45, 7) is 3.63. The molecule has 2 unspecified atom stereocenters. The first-order valence-electron chi connectivity index (χ1n) is 7.60. The summed E-state index contributed by atoms with van der Waals surface area (Å²) in [6, 6.07) is 0. The van der Waals surface area contributed by atoms with Gasteiger partial charge in [-0.05, 0) is 24.4 Å². The lowest BCUT2D eigenvalue weighted by Crippen LogP contribution is -2.44. The summed E-state index contributed by atoms with van der Waals surface area (Å²) < 4.78 is 10.5. The average molecular weight is 365 g/mol. The fourth-order valence-corrected chi connectivity index (χ4v) is 4.17. The van der Waals surface area contributed by atoms with Crippen LogP contribution in [0.4, 0.5) is 5.95 Å². The number of hydrogen-bond acceptors (Lipinski definition) is 7. The summed E-state index contributed by atoms with van der Waals surface area (Å²) in [5.41, 5.74) is -0.672. The number of esters is 1. The Morgan fingerprint density at radius 1 is 1.30 bits per heavy atom. The SMILES string of the molecule is COC(=O)C12CCCC1(c1nc(N3CCNCC3)no1)C2.Cl.Cl. The molecule has 0 radical (unpaired) electrons. The third-order valence-electron chi connectivity index (χ3n) is 5.40. The quantitative estimate of drug-likeness (QED) is 0.809. The molecule has 1 aromatic rings. The molecular weight excluding hydrogens is 343 g/mol. The van der Waals surface area contributed by atoms with Crippen LogP contribution in [-0.4, -0.2) is 49.4 Å². The first-order valence-corrected chi connectivity index (χ1v) is 7.60. The molecule has 0 bridgehead atoms. The van der Waals surface area contributed by atoms with Gasteiger partial charge in [-0.15, -0.1) is 24.8 Å². The highest BCUT2D eigenvalue weighted by Crippen LogP contribution is 2.74. The van der Waals surface area contributed by atoms with Crippen LogP contribution in [0.3, 0.4) is 0 Å². The highest BCUT2D eigenvalue weighted by molar-refractivity contribution is 5.85. The number of methoxy groups -OCH3 is 1. The average Bonchev–Trinajstić information content (AvgIpc) is 2.90. The molecule has 0 amide bonds. The van der Waals surface area contributed by atoms with Crippen molar-refractivity contribution in [3.8, 4) is 0 Å². The molecule has 3 aliphatic rings. The summed E-state index contributed by atoms with van der Waals surface area (Å²) >= 11 is 0. The molecule has 0 spiro atoms. The zero-order chi connectivity index (χ0) is 14.5. The molecule has 0 aromatic carbocycles. The molecule has 4 rings (SSSR count). The number of hydrogen-bond donors (Lipinski definition) is 1. The van der Waals surface area contributed by atoms with Gasteiger partial charge < -0.3 is 19.5 Å². The van der Waals surface area contributed by atoms with E-state index in [1.807, 2.05) is 0 Å². The zero-order valence-electron chi connectivity index (χ0n) is 13.0. The number of aromatic nitrogens is 2. The van der Waals surface area contributed by atoms with Crippen LogP contribution in [-0.2, 0) is 14.9 Å². The normalized spacial score (nSPS) is 31.6. The maximum Gasteiger partial charge on any atom is 0.312 e. The summed E-state index contributed by atoms with van der Waals surface area (Å²) in [6.07, 6.45) is 3.60. The van der Waals surface area contributed by atoms with Gasteiger partial charge in [-0.1, -0.05) is 6.42 Å². The number of fused-ring (bicyclic) bond motifs is 1. The van der Waals surface area contributed by atoms with E-state index in [0.29, 0.717) is 11.8 Å². The van der Waals surface area contributed by atoms with E-state index in [1.54, 1.807) is 0 Å². The van der Waals surface area contributed by atoms with E-state index in [2.05, 4.69) is 20.4 Å². The van der Waals surface area contributed by atoms with Crippen LogP contribution < -0.4 is 10.2 Å². The minimum atomic E-state index is -0.408. The van der Waals surface area contributed by atoms with Gasteiger partial charge in [0, 0.05) is 26.2 Å². The summed E-state index contributed by atoms with van der Waals surface area (Å²) in [5, 5.41) is 7.43. The second-order valence-corrected chi connectivity index (χ2v) is 6.32. The number of piperazine rings is 1. The Bertz CT molecular complexity index is 578. The molecule has 130 valence electrons. The Labute approximate surface area is 147 Å². The zero-order valence-corrected chi connectivity index (χ0v) is 14.7. The van der Waals surface area contributed by atoms with Crippen molar-refractivity contribution < 1.29 is 14.1 Å². The van der Waals surface area contributed by atoms with Crippen molar-refractivity contribution in [2.45, 2.75) is 31.1 Å². The fraction of sp³-hybridized carbons (Fsp3) is 0.786. The van der Waals surface area contributed by atoms with Gasteiger partial charge in [-0.2, -0.15) is 4.98 Å². The van der Waals surface area contributed by atoms with E-state index in [1.165, 1.54) is 7.11 Å². The second-order valence-electron chi connectivity index (χ2n) is 6.32. The van der Waals surface area contributed by atoms with Crippen molar-refractivity contribution >= 4 is 36.7 Å². The van der Waals surface area contributed by atoms with E-state index < -0.39 is 5.41 Å². The number of nitrogens with one attached hydrogen (secondary N) is 1. The lowest BCUT2D eigenvalue weighted by atomic mass is 9.96. The first-order chi connectivity index (χ1) is 10.2. The predicted octanol–water partition coefficient (Wildman–Crippen LogP) is 1.31. The molecule has 7 nitrogen and oxygen atoms in total. The van der Waals surface area contributed by atoms with Gasteiger partial charge in [0.05, 0.1) is 17.9 Å². The van der Waals surface area contributed by atoms with E-state index in [4.69, 9.17) is 9.26 Å². The van der Waals surface area contributed by atoms with Crippen LogP contribution in [0.25, 0.3) is 0 Å². The van der Waals surface area contributed by atoms with Gasteiger partial charge in [-0.3, -0.25) is 4.79 Å². The second kappa shape index (κ2) is 6.45. The molecule has 1 aliphatic heterocycles. The molecule has 9 heteroatoms. The van der Waals surface area contributed by atoms with Crippen LogP contribution in [0.2, 0.25) is 0 Å². The van der Waals surface area contributed by atoms with Gasteiger partial charge in [0.15, 0.2) is 0 Å². The maximum absolute atomic E-state index is 12.1. The number of carbonyl (C=O) groups excluding carboxylic acids is 1. The number of ether oxygens (including phenoxy) is 1. The molecule has 2 heterocycles. The predicted molar refractivity (Wildman–Crippen MR) is 88.5 cm³/mol. The van der Waals surface area contributed by atoms with E-state index >= 15 is 0 Å². The van der Waals surface area contributed by atoms with Crippen LogP contribution in [0.15, 0.2) is 4.52 Å². The Balaban J connectivity index is 0.000000960. The highest BCUT2D eigenvalue weighted by Gasteiger charge is 2.78. The molecule has 1 N–H and O–H groups in total. The Kier molecular flexibility index (Phi) is 5.13. The van der Waals surface area contributed by atoms with Gasteiger partial charge >= 0.3 is 5.97 Å². The summed E-state index contributed by atoms with van der Waals surface area (Å²) in [5.74, 6) is 1.15. The molecule has 2 aliphatic carbocycles. The molecule has 2 saturated carbocycles. The van der Waals surface area contributed by atoms with Gasteiger partial charge in [0.25, 0.3) is 5.95 Å². The molecule has 3 fully saturated rings. The summed E-state index contributed by atoms with van der Waals surface area (Å²) in [4.78, 5) is 18.9. The minimum absolute atomic E-state index is 0. The smallest absolute Gasteiger partial charge is 0.312 e. The number of halogens is 2. The molecule has 1 aromatic heterocycles. The first kappa shape index (κ1) is 18.3. The van der Waals surface area contributed by atoms with Crippen LogP contribution in [0.5, 0.6) is 0 Å². The molecule has 23 heavy (non-hydrogen) atoms. The third kappa shape index (κ3) is 2.49. The Morgan fingerprint density at radius 2 is 2.04 bits per heavy atom. The van der Waals surface area contributed by atoms with Gasteiger partial charge in [0.1, 0.15) is 0 Å². The van der Waals surface area contributed by atoms with E-state index in [0.717, 1.165) is 51.9 Å². The Hall–Kier alpha value is -1.05. The van der Waals surface area contributed by atoms with E-state index in [-0.39, 0.29) is 36.2 Å². The number of carbonyl (C=O) groups is 1. The molecular formula is C14H22Cl2N4O3. The minimum Gasteiger partial charge on any atom is -0.469 e. The highest BCUT2D eigenvalue weighted by atomic mass is 35.5. The van der Waals surface area contributed by atoms with E-state index in [9.17, 15) is 4.79 Å². The van der Waals surface area contributed by atoms with Crippen LogP contribution >= 0.6 is 24.8 Å². The molecule has 1 saturated heterocycles. The van der Waals surface area contributed by atoms with Crippen molar-refractivity contribution in [3.63, 3.8) is 0 Å². The van der Waals surface area contributed by atoms with Crippen molar-refractivity contribution in [2.75, 3.05) is 38.2 Å². The van der Waals surface area contributed by atoms with Crippen molar-refractivity contribution in [2.24, 2.45) is 5.41 Å². The Morgan fingerprint density at radius 3 is 2.74 bits per heavy atom. The van der Waals surface area contributed by atoms with Gasteiger partial charge in [0.2, 0.25) is 5.89 Å². The topological polar surface area (TPSA) is 80.5 Å². The fourth-order valence-electron chi connectivity index (χ4n) is 4.17. The van der Waals surface area contributed by atoms with Gasteiger partial charge in [-0.25, -0.2) is 0 Å². The van der Waals surface area contributed by atoms with Crippen LogP contribution in [0.1, 0.15) is 31.6 Å². The number of rotatable bonds is 3.